The molecule has 27 heavy (non-hydrogen) atoms. The quantitative estimate of drug-likeness (QED) is 0.879. The van der Waals surface area contributed by atoms with Crippen LogP contribution in [0.2, 0.25) is 5.02 Å². The van der Waals surface area contributed by atoms with Crippen molar-refractivity contribution >= 4 is 28.7 Å². The van der Waals surface area contributed by atoms with Crippen LogP contribution >= 0.6 is 11.6 Å². The molecule has 0 spiro atoms. The van der Waals surface area contributed by atoms with Crippen LogP contribution in [0, 0.1) is 17.3 Å². The number of hydrogen-bond acceptors (Lipinski definition) is 3. The normalized spacial score (nSPS) is 31.3. The van der Waals surface area contributed by atoms with Crippen molar-refractivity contribution in [1.82, 2.24) is 19.4 Å². The first-order valence-electron chi connectivity index (χ1n) is 9.80. The molecule has 1 aliphatic carbocycles. The van der Waals surface area contributed by atoms with Crippen LogP contribution in [0.15, 0.2) is 23.0 Å². The molecule has 1 N–H and O–H groups in total. The minimum atomic E-state index is -0.348. The molecule has 4 heterocycles. The van der Waals surface area contributed by atoms with Crippen LogP contribution in [0.5, 0.6) is 0 Å². The van der Waals surface area contributed by atoms with E-state index in [1.54, 1.807) is 16.7 Å². The van der Waals surface area contributed by atoms with Crippen molar-refractivity contribution in [3.8, 4) is 0 Å². The van der Waals surface area contributed by atoms with Gasteiger partial charge in [0.1, 0.15) is 0 Å². The summed E-state index contributed by atoms with van der Waals surface area (Å²) in [7, 11) is 0. The summed E-state index contributed by atoms with van der Waals surface area (Å²) < 4.78 is 2.89. The molecule has 6 nitrogen and oxygen atoms in total. The number of carbonyl (C=O) groups excluding carboxylic acids is 1. The first-order valence-corrected chi connectivity index (χ1v) is 10.2. The van der Waals surface area contributed by atoms with Gasteiger partial charge in [0.05, 0.1) is 11.0 Å². The Morgan fingerprint density at radius 1 is 1.26 bits per heavy atom. The highest BCUT2D eigenvalue weighted by molar-refractivity contribution is 6.31. The number of carbonyl (C=O) groups is 1. The van der Waals surface area contributed by atoms with Gasteiger partial charge in [-0.3, -0.25) is 4.57 Å². The molecular formula is C20H25ClN4O2. The minimum Gasteiger partial charge on any atom is -0.337 e. The molecule has 0 radical (unpaired) electrons. The second-order valence-corrected chi connectivity index (χ2v) is 9.43. The third-order valence-electron chi connectivity index (χ3n) is 6.77. The lowest BCUT2D eigenvalue weighted by Gasteiger charge is -2.40. The van der Waals surface area contributed by atoms with Crippen LogP contribution in [-0.2, 0) is 0 Å². The summed E-state index contributed by atoms with van der Waals surface area (Å²) in [5.74, 6) is 1.58. The zero-order valence-corrected chi connectivity index (χ0v) is 16.5. The Labute approximate surface area is 163 Å². The number of benzene rings is 1. The van der Waals surface area contributed by atoms with E-state index in [1.807, 2.05) is 19.9 Å². The molecule has 3 saturated heterocycles. The summed E-state index contributed by atoms with van der Waals surface area (Å²) in [5.41, 5.74) is 1.17. The standard InChI is InChI=1S/C20H25ClN4O2/c1-12(2)24-16-4-3-15(21)5-17(16)25(19(24)27)18(26)22-10-20-6-13-8-23(11-20)9-14(13)7-20/h3-5,12-14H,6-11H2,1-2H3,(H,22,26)/t13-,14+,20?. The van der Waals surface area contributed by atoms with Crippen molar-refractivity contribution in [3.05, 3.63) is 33.7 Å². The first kappa shape index (κ1) is 17.3. The van der Waals surface area contributed by atoms with Crippen molar-refractivity contribution in [2.24, 2.45) is 17.3 Å². The molecular weight excluding hydrogens is 364 g/mol. The highest BCUT2D eigenvalue weighted by Gasteiger charge is 2.55. The van der Waals surface area contributed by atoms with Gasteiger partial charge in [0.15, 0.2) is 0 Å². The van der Waals surface area contributed by atoms with E-state index in [0.29, 0.717) is 17.1 Å². The van der Waals surface area contributed by atoms with Crippen LogP contribution in [0.4, 0.5) is 4.79 Å². The lowest BCUT2D eigenvalue weighted by molar-refractivity contribution is 0.101. The Morgan fingerprint density at radius 3 is 2.59 bits per heavy atom. The lowest BCUT2D eigenvalue weighted by Crippen LogP contribution is -2.50. The molecule has 1 aromatic carbocycles. The average molecular weight is 389 g/mol. The van der Waals surface area contributed by atoms with Gasteiger partial charge in [-0.05, 0) is 56.7 Å². The maximum absolute atomic E-state index is 13.0. The maximum atomic E-state index is 13.0. The van der Waals surface area contributed by atoms with Gasteiger partial charge < -0.3 is 10.2 Å². The Bertz CT molecular complexity index is 972. The first-order chi connectivity index (χ1) is 12.9. The van der Waals surface area contributed by atoms with Crippen LogP contribution in [0.3, 0.4) is 0 Å². The van der Waals surface area contributed by atoms with E-state index in [1.165, 1.54) is 30.5 Å². The third-order valence-corrected chi connectivity index (χ3v) is 7.01. The van der Waals surface area contributed by atoms with Gasteiger partial charge in [-0.25, -0.2) is 14.2 Å². The van der Waals surface area contributed by atoms with Gasteiger partial charge in [-0.15, -0.1) is 0 Å². The molecule has 4 atom stereocenters. The predicted molar refractivity (Wildman–Crippen MR) is 105 cm³/mol. The van der Waals surface area contributed by atoms with Gasteiger partial charge in [-0.1, -0.05) is 11.6 Å². The molecule has 4 aliphatic rings. The second kappa shape index (κ2) is 5.85. The zero-order chi connectivity index (χ0) is 18.9. The lowest BCUT2D eigenvalue weighted by atomic mass is 9.81. The third kappa shape index (κ3) is 2.57. The average Bonchev–Trinajstić information content (AvgIpc) is 3.14. The molecule has 1 amide bonds. The number of imidazole rings is 1. The molecule has 4 bridgehead atoms. The van der Waals surface area contributed by atoms with E-state index in [0.717, 1.165) is 23.9 Å². The smallest absolute Gasteiger partial charge is 0.337 e. The van der Waals surface area contributed by atoms with Crippen LogP contribution in [-0.4, -0.2) is 46.2 Å². The number of halogens is 1. The van der Waals surface area contributed by atoms with Gasteiger partial charge in [0.2, 0.25) is 0 Å². The zero-order valence-electron chi connectivity index (χ0n) is 15.7. The van der Waals surface area contributed by atoms with E-state index in [9.17, 15) is 9.59 Å². The molecule has 2 aromatic rings. The monoisotopic (exact) mass is 388 g/mol. The number of amides is 1. The van der Waals surface area contributed by atoms with E-state index >= 15 is 0 Å². The molecule has 1 saturated carbocycles. The fraction of sp³-hybridized carbons (Fsp3) is 0.600. The predicted octanol–water partition coefficient (Wildman–Crippen LogP) is 2.94. The molecule has 6 rings (SSSR count). The van der Waals surface area contributed by atoms with E-state index in [2.05, 4.69) is 10.2 Å². The number of nitrogens with one attached hydrogen (secondary N) is 1. The van der Waals surface area contributed by atoms with Crippen molar-refractivity contribution in [3.63, 3.8) is 0 Å². The minimum absolute atomic E-state index is 0.0392. The Kier molecular flexibility index (Phi) is 3.75. The maximum Gasteiger partial charge on any atom is 0.337 e. The number of rotatable bonds is 3. The van der Waals surface area contributed by atoms with Gasteiger partial charge in [0, 0.05) is 42.7 Å². The summed E-state index contributed by atoms with van der Waals surface area (Å²) >= 11 is 6.14. The highest BCUT2D eigenvalue weighted by atomic mass is 35.5. The second-order valence-electron chi connectivity index (χ2n) is 9.00. The SMILES string of the molecule is CC(C)n1c(=O)n(C(=O)NCC23C[C@H]4CN(C[C@H]4C2)C3)c2cc(Cl)ccc21. The van der Waals surface area contributed by atoms with Crippen LogP contribution in [0.1, 0.15) is 32.7 Å². The summed E-state index contributed by atoms with van der Waals surface area (Å²) in [5, 5.41) is 3.59. The molecule has 144 valence electrons. The Balaban J connectivity index is 1.45. The van der Waals surface area contributed by atoms with Gasteiger partial charge >= 0.3 is 11.7 Å². The topological polar surface area (TPSA) is 59.3 Å². The van der Waals surface area contributed by atoms with Crippen molar-refractivity contribution in [2.75, 3.05) is 26.2 Å². The number of piperidine rings is 2. The van der Waals surface area contributed by atoms with Crippen molar-refractivity contribution in [1.29, 1.82) is 0 Å². The van der Waals surface area contributed by atoms with E-state index < -0.39 is 0 Å². The van der Waals surface area contributed by atoms with Gasteiger partial charge in [-0.2, -0.15) is 0 Å². The van der Waals surface area contributed by atoms with Gasteiger partial charge in [0.25, 0.3) is 0 Å². The number of fused-ring (bicyclic) bond motifs is 1. The highest BCUT2D eigenvalue weighted by Crippen LogP contribution is 2.54. The summed E-state index contributed by atoms with van der Waals surface area (Å²) in [6, 6.07) is 4.87. The summed E-state index contributed by atoms with van der Waals surface area (Å²) in [6.45, 7) is 8.03. The molecule has 7 heteroatoms. The van der Waals surface area contributed by atoms with Crippen LogP contribution < -0.4 is 11.0 Å². The van der Waals surface area contributed by atoms with E-state index in [-0.39, 0.29) is 23.2 Å². The van der Waals surface area contributed by atoms with E-state index in [4.69, 9.17) is 11.6 Å². The summed E-state index contributed by atoms with van der Waals surface area (Å²) in [4.78, 5) is 28.5. The Morgan fingerprint density at radius 2 is 1.96 bits per heavy atom. The Hall–Kier alpha value is -1.79. The molecule has 3 aliphatic heterocycles. The van der Waals surface area contributed by atoms with Crippen molar-refractivity contribution < 1.29 is 4.79 Å². The van der Waals surface area contributed by atoms with Crippen molar-refractivity contribution in [2.45, 2.75) is 32.7 Å². The molecule has 4 fully saturated rings. The number of hydrogen-bond donors (Lipinski definition) is 1. The molecule has 2 unspecified atom stereocenters. The fourth-order valence-electron chi connectivity index (χ4n) is 5.86. The number of nitrogens with zero attached hydrogens (tertiary/aromatic N) is 3. The summed E-state index contributed by atoms with van der Waals surface area (Å²) in [6.07, 6.45) is 2.39. The number of aromatic nitrogens is 2. The molecule has 1 aromatic heterocycles. The van der Waals surface area contributed by atoms with Crippen LogP contribution in [0.25, 0.3) is 11.0 Å². The fourth-order valence-corrected chi connectivity index (χ4v) is 6.02. The largest absolute Gasteiger partial charge is 0.337 e.